The number of cyclic esters (lactones) is 1. The number of carbonyl (C=O) groups is 1. The van der Waals surface area contributed by atoms with Gasteiger partial charge in [0.05, 0.1) is 6.61 Å². The van der Waals surface area contributed by atoms with E-state index in [0.29, 0.717) is 12.5 Å². The highest BCUT2D eigenvalue weighted by atomic mass is 16.6. The first-order chi connectivity index (χ1) is 11.6. The Kier molecular flexibility index (Phi) is 4.47. The van der Waals surface area contributed by atoms with E-state index in [1.807, 2.05) is 63.2 Å². The van der Waals surface area contributed by atoms with Crippen molar-refractivity contribution in [2.45, 2.75) is 20.8 Å². The molecule has 122 valence electrons. The minimum Gasteiger partial charge on any atom is -0.493 e. The van der Waals surface area contributed by atoms with Crippen LogP contribution < -0.4 is 4.74 Å². The van der Waals surface area contributed by atoms with E-state index >= 15 is 0 Å². The molecule has 0 aliphatic carbocycles. The lowest BCUT2D eigenvalue weighted by Gasteiger charge is -2.06. The molecular formula is C20H19NO3. The number of esters is 1. The number of nitrogens with zero attached hydrogens (tertiary/aromatic N) is 1. The normalized spacial score (nSPS) is 15.4. The van der Waals surface area contributed by atoms with Crippen LogP contribution in [0.2, 0.25) is 0 Å². The first kappa shape index (κ1) is 16.0. The van der Waals surface area contributed by atoms with Gasteiger partial charge in [-0.2, -0.15) is 0 Å². The summed E-state index contributed by atoms with van der Waals surface area (Å²) in [4.78, 5) is 16.5. The van der Waals surface area contributed by atoms with Crippen LogP contribution in [0.5, 0.6) is 5.75 Å². The van der Waals surface area contributed by atoms with Gasteiger partial charge in [0.1, 0.15) is 5.75 Å². The average Bonchev–Trinajstić information content (AvgIpc) is 2.93. The zero-order chi connectivity index (χ0) is 17.1. The number of ether oxygens (including phenoxy) is 2. The van der Waals surface area contributed by atoms with E-state index in [1.54, 1.807) is 6.08 Å². The quantitative estimate of drug-likeness (QED) is 0.630. The van der Waals surface area contributed by atoms with Crippen molar-refractivity contribution in [1.29, 1.82) is 0 Å². The number of aliphatic imine (C=N–C) groups is 1. The predicted octanol–water partition coefficient (Wildman–Crippen LogP) is 4.05. The fourth-order valence-corrected chi connectivity index (χ4v) is 2.44. The molecular weight excluding hydrogens is 302 g/mol. The van der Waals surface area contributed by atoms with Gasteiger partial charge in [-0.15, -0.1) is 0 Å². The Bertz CT molecular complexity index is 850. The van der Waals surface area contributed by atoms with Crippen molar-refractivity contribution in [3.63, 3.8) is 0 Å². The summed E-state index contributed by atoms with van der Waals surface area (Å²) < 4.78 is 10.9. The molecule has 0 atom stereocenters. The minimum absolute atomic E-state index is 0.274. The van der Waals surface area contributed by atoms with Crippen LogP contribution in [0.25, 0.3) is 6.08 Å². The van der Waals surface area contributed by atoms with E-state index in [9.17, 15) is 4.79 Å². The molecule has 0 bridgehead atoms. The molecule has 2 aromatic carbocycles. The molecule has 2 aromatic rings. The van der Waals surface area contributed by atoms with Gasteiger partial charge in [0.2, 0.25) is 5.90 Å². The summed E-state index contributed by atoms with van der Waals surface area (Å²) >= 11 is 0. The van der Waals surface area contributed by atoms with Crippen LogP contribution in [-0.4, -0.2) is 18.5 Å². The molecule has 0 spiro atoms. The monoisotopic (exact) mass is 321 g/mol. The fraction of sp³-hybridized carbons (Fsp3) is 0.200. The molecule has 0 saturated carbocycles. The third-order valence-corrected chi connectivity index (χ3v) is 3.89. The number of carbonyl (C=O) groups excluding carboxylic acids is 1. The van der Waals surface area contributed by atoms with Crippen molar-refractivity contribution < 1.29 is 14.3 Å². The molecule has 0 unspecified atom stereocenters. The van der Waals surface area contributed by atoms with E-state index in [1.165, 1.54) is 5.56 Å². The van der Waals surface area contributed by atoms with Crippen LogP contribution in [0, 0.1) is 13.8 Å². The maximum Gasteiger partial charge on any atom is 0.363 e. The highest BCUT2D eigenvalue weighted by molar-refractivity contribution is 6.13. The Morgan fingerprint density at radius 1 is 1.12 bits per heavy atom. The summed E-state index contributed by atoms with van der Waals surface area (Å²) in [6.07, 6.45) is 1.70. The first-order valence-electron chi connectivity index (χ1n) is 7.90. The van der Waals surface area contributed by atoms with Crippen molar-refractivity contribution in [1.82, 2.24) is 0 Å². The summed E-state index contributed by atoms with van der Waals surface area (Å²) in [6.45, 7) is 6.54. The lowest BCUT2D eigenvalue weighted by Crippen LogP contribution is -2.05. The highest BCUT2D eigenvalue weighted by Gasteiger charge is 2.24. The van der Waals surface area contributed by atoms with Crippen LogP contribution in [0.1, 0.15) is 29.2 Å². The number of benzene rings is 2. The average molecular weight is 321 g/mol. The Morgan fingerprint density at radius 3 is 2.67 bits per heavy atom. The Labute approximate surface area is 141 Å². The molecule has 1 heterocycles. The first-order valence-corrected chi connectivity index (χ1v) is 7.90. The minimum atomic E-state index is -0.450. The van der Waals surface area contributed by atoms with Crippen LogP contribution in [0.15, 0.2) is 53.2 Å². The van der Waals surface area contributed by atoms with E-state index < -0.39 is 5.97 Å². The van der Waals surface area contributed by atoms with E-state index in [0.717, 1.165) is 22.4 Å². The third kappa shape index (κ3) is 3.23. The summed E-state index contributed by atoms with van der Waals surface area (Å²) in [6, 6.07) is 13.4. The molecule has 24 heavy (non-hydrogen) atoms. The number of hydrogen-bond donors (Lipinski definition) is 0. The van der Waals surface area contributed by atoms with E-state index in [4.69, 9.17) is 9.47 Å². The maximum absolute atomic E-state index is 12.1. The Hall–Kier alpha value is -2.88. The van der Waals surface area contributed by atoms with Crippen LogP contribution in [0.3, 0.4) is 0 Å². The molecule has 1 aliphatic rings. The molecule has 0 amide bonds. The summed E-state index contributed by atoms with van der Waals surface area (Å²) in [5.74, 6) is 0.605. The topological polar surface area (TPSA) is 47.9 Å². The van der Waals surface area contributed by atoms with Crippen molar-refractivity contribution in [3.8, 4) is 5.75 Å². The second-order valence-corrected chi connectivity index (χ2v) is 5.61. The van der Waals surface area contributed by atoms with Gasteiger partial charge in [0.15, 0.2) is 5.70 Å². The van der Waals surface area contributed by atoms with Gasteiger partial charge in [0.25, 0.3) is 0 Å². The van der Waals surface area contributed by atoms with Crippen molar-refractivity contribution in [3.05, 3.63) is 70.4 Å². The molecule has 0 aromatic heterocycles. The molecule has 3 rings (SSSR count). The number of hydrogen-bond acceptors (Lipinski definition) is 4. The number of aryl methyl sites for hydroxylation is 2. The molecule has 4 heteroatoms. The Morgan fingerprint density at radius 2 is 1.92 bits per heavy atom. The van der Waals surface area contributed by atoms with Gasteiger partial charge in [-0.1, -0.05) is 24.3 Å². The van der Waals surface area contributed by atoms with Gasteiger partial charge in [-0.25, -0.2) is 9.79 Å². The standard InChI is InChI=1S/C20H19NO3/c1-4-23-18-8-6-5-7-15(18)12-17-20(22)24-19(21-17)16-10-9-13(2)14(3)11-16/h5-12H,4H2,1-3H3/b17-12+. The maximum atomic E-state index is 12.1. The molecule has 0 N–H and O–H groups in total. The van der Waals surface area contributed by atoms with Gasteiger partial charge in [-0.3, -0.25) is 0 Å². The third-order valence-electron chi connectivity index (χ3n) is 3.89. The smallest absolute Gasteiger partial charge is 0.363 e. The van der Waals surface area contributed by atoms with Crippen molar-refractivity contribution >= 4 is 17.9 Å². The zero-order valence-electron chi connectivity index (χ0n) is 14.0. The van der Waals surface area contributed by atoms with Crippen LogP contribution >= 0.6 is 0 Å². The highest BCUT2D eigenvalue weighted by Crippen LogP contribution is 2.25. The van der Waals surface area contributed by atoms with Gasteiger partial charge in [0, 0.05) is 11.1 Å². The largest absolute Gasteiger partial charge is 0.493 e. The van der Waals surface area contributed by atoms with Gasteiger partial charge in [-0.05, 0) is 56.2 Å². The van der Waals surface area contributed by atoms with Crippen LogP contribution in [-0.2, 0) is 9.53 Å². The SMILES string of the molecule is CCOc1ccccc1/C=C1/N=C(c2ccc(C)c(C)c2)OC1=O. The van der Waals surface area contributed by atoms with Gasteiger partial charge >= 0.3 is 5.97 Å². The lowest BCUT2D eigenvalue weighted by atomic mass is 10.1. The predicted molar refractivity (Wildman–Crippen MR) is 94.1 cm³/mol. The number of para-hydroxylation sites is 1. The Balaban J connectivity index is 1.96. The van der Waals surface area contributed by atoms with Crippen molar-refractivity contribution in [2.75, 3.05) is 6.61 Å². The molecule has 0 radical (unpaired) electrons. The fourth-order valence-electron chi connectivity index (χ4n) is 2.44. The van der Waals surface area contributed by atoms with Crippen molar-refractivity contribution in [2.24, 2.45) is 4.99 Å². The van der Waals surface area contributed by atoms with Gasteiger partial charge < -0.3 is 9.47 Å². The summed E-state index contributed by atoms with van der Waals surface area (Å²) in [7, 11) is 0. The molecule has 1 aliphatic heterocycles. The van der Waals surface area contributed by atoms with Crippen LogP contribution in [0.4, 0.5) is 0 Å². The van der Waals surface area contributed by atoms with E-state index in [2.05, 4.69) is 4.99 Å². The summed E-state index contributed by atoms with van der Waals surface area (Å²) in [5, 5.41) is 0. The second kappa shape index (κ2) is 6.71. The molecule has 0 saturated heterocycles. The number of rotatable bonds is 4. The summed E-state index contributed by atoms with van der Waals surface area (Å²) in [5.41, 5.74) is 4.19. The zero-order valence-corrected chi connectivity index (χ0v) is 14.0. The second-order valence-electron chi connectivity index (χ2n) is 5.61. The lowest BCUT2D eigenvalue weighted by molar-refractivity contribution is -0.129. The van der Waals surface area contributed by atoms with E-state index in [-0.39, 0.29) is 5.70 Å². The molecule has 0 fully saturated rings. The molecule has 4 nitrogen and oxygen atoms in total.